The second-order valence-corrected chi connectivity index (χ2v) is 10.6. The number of anilines is 1. The van der Waals surface area contributed by atoms with Crippen molar-refractivity contribution in [1.82, 2.24) is 19.5 Å². The van der Waals surface area contributed by atoms with Crippen LogP contribution in [-0.2, 0) is 6.42 Å². The van der Waals surface area contributed by atoms with Gasteiger partial charge >= 0.3 is 0 Å². The number of rotatable bonds is 8. The number of nitrogens with zero attached hydrogens (tertiary/aromatic N) is 5. The molecule has 0 aliphatic carbocycles. The minimum atomic E-state index is -1.16. The molecule has 4 rings (SSSR count). The van der Waals surface area contributed by atoms with Gasteiger partial charge in [-0.15, -0.1) is 5.10 Å². The van der Waals surface area contributed by atoms with Crippen LogP contribution in [0, 0.1) is 18.6 Å². The molecule has 200 valence electrons. The Morgan fingerprint density at radius 1 is 1.32 bits per heavy atom. The molecule has 0 amide bonds. The van der Waals surface area contributed by atoms with Crippen molar-refractivity contribution in [2.24, 2.45) is 4.99 Å². The molecule has 0 bridgehead atoms. The Morgan fingerprint density at radius 3 is 2.66 bits per heavy atom. The molecular formula is C28H34BF3N6. The molecule has 1 N–H and O–H groups in total. The number of aliphatic imine (C=N–C) groups is 1. The molecule has 1 aromatic carbocycles. The minimum absolute atomic E-state index is 0.180. The lowest BCUT2D eigenvalue weighted by molar-refractivity contribution is 0.152. The van der Waals surface area contributed by atoms with Crippen molar-refractivity contribution >= 4 is 31.2 Å². The van der Waals surface area contributed by atoms with Gasteiger partial charge in [0.15, 0.2) is 5.82 Å². The summed E-state index contributed by atoms with van der Waals surface area (Å²) in [5.41, 5.74) is 3.09. The van der Waals surface area contributed by atoms with Crippen molar-refractivity contribution in [1.29, 1.82) is 0 Å². The summed E-state index contributed by atoms with van der Waals surface area (Å²) in [6, 6.07) is 2.46. The highest BCUT2D eigenvalue weighted by Gasteiger charge is 2.31. The fourth-order valence-electron chi connectivity index (χ4n) is 4.93. The summed E-state index contributed by atoms with van der Waals surface area (Å²) in [4.78, 5) is 10.7. The first kappa shape index (κ1) is 27.7. The fourth-order valence-corrected chi connectivity index (χ4v) is 4.93. The predicted octanol–water partition coefficient (Wildman–Crippen LogP) is 6.36. The number of hydrogen-bond donors (Lipinski definition) is 1. The number of likely N-dealkylation sites (tertiary alicyclic amines) is 1. The first-order chi connectivity index (χ1) is 17.9. The van der Waals surface area contributed by atoms with Crippen LogP contribution >= 0.6 is 0 Å². The summed E-state index contributed by atoms with van der Waals surface area (Å²) >= 11 is 0. The molecular weight excluding hydrogens is 488 g/mol. The van der Waals surface area contributed by atoms with E-state index in [1.807, 2.05) is 25.7 Å². The molecule has 1 aliphatic heterocycles. The van der Waals surface area contributed by atoms with Crippen LogP contribution in [0.2, 0.25) is 5.31 Å². The van der Waals surface area contributed by atoms with Gasteiger partial charge in [0.05, 0.1) is 37.8 Å². The largest absolute Gasteiger partial charge is 0.372 e. The van der Waals surface area contributed by atoms with E-state index in [1.165, 1.54) is 23.0 Å². The Labute approximate surface area is 223 Å². The van der Waals surface area contributed by atoms with Gasteiger partial charge in [-0.05, 0) is 56.4 Å². The van der Waals surface area contributed by atoms with Crippen molar-refractivity contribution < 1.29 is 13.2 Å². The number of fused-ring (bicyclic) bond motifs is 1. The number of piperidine rings is 1. The third-order valence-electron chi connectivity index (χ3n) is 6.79. The maximum Gasteiger partial charge on any atom is 0.241 e. The molecule has 10 heteroatoms. The number of halogens is 3. The Bertz CT molecular complexity index is 1350. The van der Waals surface area contributed by atoms with Crippen molar-refractivity contribution in [2.75, 3.05) is 18.4 Å². The molecule has 6 nitrogen and oxygen atoms in total. The van der Waals surface area contributed by atoms with Gasteiger partial charge in [0.1, 0.15) is 17.7 Å². The second-order valence-electron chi connectivity index (χ2n) is 10.6. The average Bonchev–Trinajstić information content (AvgIpc) is 3.17. The third kappa shape index (κ3) is 5.74. The number of hydrogen-bond acceptors (Lipinski definition) is 5. The molecule has 3 heterocycles. The predicted molar refractivity (Wildman–Crippen MR) is 148 cm³/mol. The van der Waals surface area contributed by atoms with Crippen LogP contribution in [0.3, 0.4) is 0 Å². The van der Waals surface area contributed by atoms with E-state index in [0.29, 0.717) is 35.3 Å². The average molecular weight is 522 g/mol. The van der Waals surface area contributed by atoms with Gasteiger partial charge in [-0.3, -0.25) is 4.99 Å². The van der Waals surface area contributed by atoms with Gasteiger partial charge in [0.25, 0.3) is 0 Å². The lowest BCUT2D eigenvalue weighted by atomic mass is 9.69. The van der Waals surface area contributed by atoms with Crippen molar-refractivity contribution in [3.05, 3.63) is 53.5 Å². The number of aromatic nitrogens is 3. The first-order valence-electron chi connectivity index (χ1n) is 12.9. The summed E-state index contributed by atoms with van der Waals surface area (Å²) in [5.74, 6) is -0.945. The van der Waals surface area contributed by atoms with E-state index >= 15 is 8.78 Å². The zero-order valence-corrected chi connectivity index (χ0v) is 22.7. The first-order valence-corrected chi connectivity index (χ1v) is 12.9. The zero-order chi connectivity index (χ0) is 27.8. The molecule has 1 aliphatic rings. The monoisotopic (exact) mass is 522 g/mol. The van der Waals surface area contributed by atoms with Crippen LogP contribution < -0.4 is 5.32 Å². The Balaban J connectivity index is 1.76. The van der Waals surface area contributed by atoms with Gasteiger partial charge in [0.2, 0.25) is 5.95 Å². The number of aryl methyl sites for hydroxylation is 1. The van der Waals surface area contributed by atoms with Crippen molar-refractivity contribution in [3.8, 4) is 11.1 Å². The summed E-state index contributed by atoms with van der Waals surface area (Å²) in [7, 11) is 6.34. The number of allylic oxidation sites excluding steroid dienone is 1. The quantitative estimate of drug-likeness (QED) is 0.276. The molecule has 1 fully saturated rings. The van der Waals surface area contributed by atoms with Crippen LogP contribution in [0.15, 0.2) is 35.6 Å². The molecule has 0 saturated carbocycles. The van der Waals surface area contributed by atoms with Crippen LogP contribution in [0.1, 0.15) is 51.8 Å². The Hall–Kier alpha value is -3.30. The van der Waals surface area contributed by atoms with E-state index in [4.69, 9.17) is 7.85 Å². The van der Waals surface area contributed by atoms with E-state index in [2.05, 4.69) is 27.0 Å². The second kappa shape index (κ2) is 10.8. The van der Waals surface area contributed by atoms with Crippen molar-refractivity contribution in [3.63, 3.8) is 0 Å². The summed E-state index contributed by atoms with van der Waals surface area (Å²) < 4.78 is 46.8. The highest BCUT2D eigenvalue weighted by atomic mass is 19.1. The Kier molecular flexibility index (Phi) is 7.90. The van der Waals surface area contributed by atoms with Gasteiger partial charge in [-0.2, -0.15) is 0 Å². The standard InChI is InChI=1S/C28H34BF3N6/c1-7-17(4)37-10-9-22(20(31)14-37)34-27-35-23(13-28(5,6)29)26-24(21(32)15-38(26)36-27)18-11-16(3)25(33-8-2)19(30)12-18/h8,11-12,15,20,22H,4,7,9-10,13-14H2,1-3,5-6H3,(H,34,36). The van der Waals surface area contributed by atoms with Crippen LogP contribution in [0.5, 0.6) is 0 Å². The normalized spacial score (nSPS) is 18.5. The Morgan fingerprint density at radius 2 is 2.05 bits per heavy atom. The minimum Gasteiger partial charge on any atom is -0.372 e. The van der Waals surface area contributed by atoms with Gasteiger partial charge in [-0.25, -0.2) is 22.7 Å². The highest BCUT2D eigenvalue weighted by Crippen LogP contribution is 2.37. The lowest BCUT2D eigenvalue weighted by Crippen LogP contribution is -2.47. The van der Waals surface area contributed by atoms with Gasteiger partial charge < -0.3 is 10.2 Å². The third-order valence-corrected chi connectivity index (χ3v) is 6.79. The molecule has 1 saturated heterocycles. The highest BCUT2D eigenvalue weighted by molar-refractivity contribution is 6.14. The number of benzene rings is 1. The van der Waals surface area contributed by atoms with E-state index < -0.39 is 29.2 Å². The van der Waals surface area contributed by atoms with Crippen molar-refractivity contribution in [2.45, 2.75) is 71.4 Å². The SMILES string of the molecule is [B]C(C)(C)Cc1nc(NC2CCN(C(=C)CC)CC2F)nn2cc(F)c(-c3cc(C)c(N=CC)c(F)c3)c12. The van der Waals surface area contributed by atoms with Gasteiger partial charge in [0, 0.05) is 24.0 Å². The van der Waals surface area contributed by atoms with Crippen LogP contribution in [0.25, 0.3) is 16.6 Å². The van der Waals surface area contributed by atoms with Crippen LogP contribution in [0.4, 0.5) is 24.8 Å². The summed E-state index contributed by atoms with van der Waals surface area (Å²) in [6.45, 7) is 14.0. The molecule has 2 aromatic heterocycles. The molecule has 38 heavy (non-hydrogen) atoms. The number of nitrogens with one attached hydrogen (secondary N) is 1. The zero-order valence-electron chi connectivity index (χ0n) is 22.7. The molecule has 2 radical (unpaired) electrons. The molecule has 2 unspecified atom stereocenters. The topological polar surface area (TPSA) is 57.8 Å². The van der Waals surface area contributed by atoms with Gasteiger partial charge in [-0.1, -0.05) is 32.7 Å². The summed E-state index contributed by atoms with van der Waals surface area (Å²) in [5, 5.41) is 6.90. The summed E-state index contributed by atoms with van der Waals surface area (Å²) in [6.07, 6.45) is 3.18. The van der Waals surface area contributed by atoms with E-state index in [-0.39, 0.29) is 30.2 Å². The van der Waals surface area contributed by atoms with E-state index in [9.17, 15) is 4.39 Å². The number of alkyl halides is 1. The molecule has 3 aromatic rings. The van der Waals surface area contributed by atoms with E-state index in [1.54, 1.807) is 19.9 Å². The lowest BCUT2D eigenvalue weighted by Gasteiger charge is -2.37. The maximum absolute atomic E-state index is 15.5. The van der Waals surface area contributed by atoms with Crippen LogP contribution in [-0.4, -0.2) is 58.9 Å². The molecule has 0 spiro atoms. The maximum atomic E-state index is 15.5. The smallest absolute Gasteiger partial charge is 0.241 e. The van der Waals surface area contributed by atoms with E-state index in [0.717, 1.165) is 12.1 Å². The molecule has 2 atom stereocenters. The fraction of sp³-hybridized carbons (Fsp3) is 0.464.